The number of ether oxygens (including phenoxy) is 1. The van der Waals surface area contributed by atoms with E-state index >= 15 is 0 Å². The normalized spacial score (nSPS) is 13.0. The van der Waals surface area contributed by atoms with Crippen LogP contribution in [-0.4, -0.2) is 43.6 Å². The van der Waals surface area contributed by atoms with Gasteiger partial charge in [-0.15, -0.1) is 0 Å². The summed E-state index contributed by atoms with van der Waals surface area (Å²) < 4.78 is 19.4. The lowest BCUT2D eigenvalue weighted by Gasteiger charge is -2.14. The maximum absolute atomic E-state index is 11.6. The van der Waals surface area contributed by atoms with E-state index in [0.29, 0.717) is 5.69 Å². The fraction of sp³-hybridized carbons (Fsp3) is 0.455. The lowest BCUT2D eigenvalue weighted by atomic mass is 10.1. The highest BCUT2D eigenvalue weighted by Gasteiger charge is 2.22. The van der Waals surface area contributed by atoms with Gasteiger partial charge in [0.2, 0.25) is 0 Å². The summed E-state index contributed by atoms with van der Waals surface area (Å²) in [4.78, 5) is 32.4. The number of hydrogen-bond donors (Lipinski definition) is 5. The zero-order chi connectivity index (χ0) is 16.9. The second-order valence-corrected chi connectivity index (χ2v) is 5.59. The third-order valence-corrected chi connectivity index (χ3v) is 3.17. The van der Waals surface area contributed by atoms with Crippen molar-refractivity contribution in [2.75, 3.05) is 6.61 Å². The molecule has 0 bridgehead atoms. The van der Waals surface area contributed by atoms with Gasteiger partial charge < -0.3 is 30.5 Å². The Balaban J connectivity index is 2.64. The van der Waals surface area contributed by atoms with Gasteiger partial charge in [-0.3, -0.25) is 14.3 Å². The fourth-order valence-corrected chi connectivity index (χ4v) is 1.84. The van der Waals surface area contributed by atoms with Crippen LogP contribution in [0.1, 0.15) is 16.8 Å². The van der Waals surface area contributed by atoms with Crippen molar-refractivity contribution in [2.45, 2.75) is 26.2 Å². The molecule has 0 fully saturated rings. The van der Waals surface area contributed by atoms with Gasteiger partial charge in [-0.05, 0) is 6.92 Å². The second-order valence-electron chi connectivity index (χ2n) is 4.35. The van der Waals surface area contributed by atoms with Crippen molar-refractivity contribution in [3.8, 4) is 5.75 Å². The van der Waals surface area contributed by atoms with Gasteiger partial charge in [0, 0.05) is 17.3 Å². The van der Waals surface area contributed by atoms with E-state index in [1.54, 1.807) is 6.92 Å². The predicted octanol–water partition coefficient (Wildman–Crippen LogP) is -0.932. The first-order valence-electron chi connectivity index (χ1n) is 6.05. The molecule has 0 aliphatic rings. The molecule has 0 aliphatic heterocycles. The van der Waals surface area contributed by atoms with E-state index in [-0.39, 0.29) is 23.5 Å². The van der Waals surface area contributed by atoms with Gasteiger partial charge in [-0.25, -0.2) is 4.57 Å². The lowest BCUT2D eigenvalue weighted by molar-refractivity contribution is -0.147. The van der Waals surface area contributed by atoms with Crippen molar-refractivity contribution >= 4 is 13.8 Å². The number of phosphoric acid groups is 1. The number of aromatic nitrogens is 1. The summed E-state index contributed by atoms with van der Waals surface area (Å²) in [6, 6.07) is -1.39. The summed E-state index contributed by atoms with van der Waals surface area (Å²) in [5, 5.41) is 18.9. The van der Waals surface area contributed by atoms with Crippen molar-refractivity contribution in [1.29, 1.82) is 0 Å². The number of carbonyl (C=O) groups excluding carboxylic acids is 1. The number of rotatable bonds is 7. The molecular weight excluding hydrogens is 319 g/mol. The van der Waals surface area contributed by atoms with Crippen LogP contribution >= 0.6 is 7.82 Å². The number of aliphatic hydroxyl groups is 1. The molecule has 0 aromatic carbocycles. The molecule has 1 aromatic rings. The van der Waals surface area contributed by atoms with Crippen molar-refractivity contribution in [1.82, 2.24) is 4.98 Å². The second kappa shape index (κ2) is 7.63. The molecule has 10 nitrogen and oxygen atoms in total. The molecule has 1 aromatic heterocycles. The van der Waals surface area contributed by atoms with Crippen LogP contribution in [0.2, 0.25) is 0 Å². The topological polar surface area (TPSA) is 172 Å². The van der Waals surface area contributed by atoms with Gasteiger partial charge in [0.1, 0.15) is 18.4 Å². The minimum atomic E-state index is -4.72. The number of phosphoric ester groups is 1. The average molecular weight is 336 g/mol. The Morgan fingerprint density at radius 1 is 1.50 bits per heavy atom. The number of hydrogen-bond acceptors (Lipinski definition) is 8. The molecule has 0 unspecified atom stereocenters. The third-order valence-electron chi connectivity index (χ3n) is 2.68. The molecule has 0 radical (unpaired) electrons. The van der Waals surface area contributed by atoms with Crippen molar-refractivity contribution in [3.05, 3.63) is 23.0 Å². The van der Waals surface area contributed by atoms with Crippen molar-refractivity contribution in [3.63, 3.8) is 0 Å². The number of aliphatic hydroxyl groups excluding tert-OH is 1. The lowest BCUT2D eigenvalue weighted by Crippen LogP contribution is -2.36. The molecule has 0 saturated heterocycles. The minimum Gasteiger partial charge on any atom is -0.506 e. The van der Waals surface area contributed by atoms with Gasteiger partial charge in [0.15, 0.2) is 0 Å². The van der Waals surface area contributed by atoms with Crippen LogP contribution < -0.4 is 5.73 Å². The zero-order valence-electron chi connectivity index (χ0n) is 11.7. The van der Waals surface area contributed by atoms with Gasteiger partial charge in [-0.2, -0.15) is 0 Å². The van der Waals surface area contributed by atoms with E-state index in [2.05, 4.69) is 9.51 Å². The van der Waals surface area contributed by atoms with Gasteiger partial charge in [0.25, 0.3) is 0 Å². The number of nitrogens with two attached hydrogens (primary N) is 1. The third kappa shape index (κ3) is 5.34. The van der Waals surface area contributed by atoms with E-state index in [4.69, 9.17) is 20.3 Å². The highest BCUT2D eigenvalue weighted by atomic mass is 31.2. The van der Waals surface area contributed by atoms with Crippen LogP contribution in [0.4, 0.5) is 0 Å². The molecule has 0 saturated carbocycles. The average Bonchev–Trinajstić information content (AvgIpc) is 2.44. The number of carbonyl (C=O) groups is 1. The standard InChI is InChI=1S/C11H17N2O8P/c1-6-10(15)8(3-14)7(2-13-6)4-20-11(16)9(12)5-21-22(17,18)19/h2,9,14-15H,3-5,12H2,1H3,(H2,17,18,19)/t9-/m0/s1. The first-order chi connectivity index (χ1) is 10.2. The Hall–Kier alpha value is -1.55. The molecule has 1 heterocycles. The zero-order valence-corrected chi connectivity index (χ0v) is 12.6. The Morgan fingerprint density at radius 2 is 2.14 bits per heavy atom. The summed E-state index contributed by atoms with van der Waals surface area (Å²) in [6.45, 7) is 0.0294. The molecule has 1 rings (SSSR count). The summed E-state index contributed by atoms with van der Waals surface area (Å²) in [6.07, 6.45) is 1.32. The first-order valence-corrected chi connectivity index (χ1v) is 7.58. The summed E-state index contributed by atoms with van der Waals surface area (Å²) in [5.41, 5.74) is 6.11. The molecule has 11 heteroatoms. The van der Waals surface area contributed by atoms with E-state index in [0.717, 1.165) is 0 Å². The van der Waals surface area contributed by atoms with Gasteiger partial charge in [0.05, 0.1) is 18.9 Å². The molecule has 0 aliphatic carbocycles. The number of aryl methyl sites for hydroxylation is 1. The van der Waals surface area contributed by atoms with E-state index in [1.807, 2.05) is 0 Å². The minimum absolute atomic E-state index is 0.167. The number of esters is 1. The van der Waals surface area contributed by atoms with Crippen LogP contribution in [0.5, 0.6) is 5.75 Å². The Kier molecular flexibility index (Phi) is 6.42. The largest absolute Gasteiger partial charge is 0.506 e. The van der Waals surface area contributed by atoms with Crippen molar-refractivity contribution < 1.29 is 38.6 Å². The Bertz CT molecular complexity index is 588. The molecule has 0 spiro atoms. The maximum atomic E-state index is 11.6. The Morgan fingerprint density at radius 3 is 2.68 bits per heavy atom. The number of pyridine rings is 1. The molecule has 22 heavy (non-hydrogen) atoms. The van der Waals surface area contributed by atoms with Crippen LogP contribution in [0, 0.1) is 6.92 Å². The van der Waals surface area contributed by atoms with Crippen LogP contribution in [0.25, 0.3) is 0 Å². The van der Waals surface area contributed by atoms with Gasteiger partial charge in [-0.1, -0.05) is 0 Å². The fourth-order valence-electron chi connectivity index (χ4n) is 1.49. The molecular formula is C11H17N2O8P. The SMILES string of the molecule is Cc1ncc(COC(=O)[C@@H](N)COP(=O)(O)O)c(CO)c1O. The number of nitrogens with zero attached hydrogens (tertiary/aromatic N) is 1. The van der Waals surface area contributed by atoms with Crippen molar-refractivity contribution in [2.24, 2.45) is 5.73 Å². The predicted molar refractivity (Wildman–Crippen MR) is 72.3 cm³/mol. The molecule has 1 atom stereocenters. The number of aromatic hydroxyl groups is 1. The van der Waals surface area contributed by atoms with E-state index in [9.17, 15) is 19.6 Å². The monoisotopic (exact) mass is 336 g/mol. The summed E-state index contributed by atoms with van der Waals surface area (Å²) in [5.74, 6) is -1.16. The maximum Gasteiger partial charge on any atom is 0.469 e. The molecule has 6 N–H and O–H groups in total. The highest BCUT2D eigenvalue weighted by molar-refractivity contribution is 7.46. The van der Waals surface area contributed by atoms with Crippen LogP contribution in [-0.2, 0) is 31.8 Å². The van der Waals surface area contributed by atoms with E-state index < -0.39 is 33.0 Å². The van der Waals surface area contributed by atoms with Crippen LogP contribution in [0.3, 0.4) is 0 Å². The smallest absolute Gasteiger partial charge is 0.469 e. The quantitative estimate of drug-likeness (QED) is 0.309. The molecule has 0 amide bonds. The highest BCUT2D eigenvalue weighted by Crippen LogP contribution is 2.35. The Labute approximate surface area is 125 Å². The summed E-state index contributed by atoms with van der Waals surface area (Å²) >= 11 is 0. The summed E-state index contributed by atoms with van der Waals surface area (Å²) in [7, 11) is -4.72. The van der Waals surface area contributed by atoms with Gasteiger partial charge >= 0.3 is 13.8 Å². The first kappa shape index (κ1) is 18.5. The van der Waals surface area contributed by atoms with Crippen LogP contribution in [0.15, 0.2) is 6.20 Å². The molecule has 124 valence electrons. The van der Waals surface area contributed by atoms with E-state index in [1.165, 1.54) is 6.20 Å².